The van der Waals surface area contributed by atoms with Crippen LogP contribution in [0.1, 0.15) is 24.6 Å². The van der Waals surface area contributed by atoms with Gasteiger partial charge >= 0.3 is 0 Å². The van der Waals surface area contributed by atoms with Crippen LogP contribution in [0, 0.1) is 6.92 Å². The zero-order valence-electron chi connectivity index (χ0n) is 9.45. The van der Waals surface area contributed by atoms with E-state index in [-0.39, 0.29) is 0 Å². The molecule has 0 aliphatic carbocycles. The minimum Gasteiger partial charge on any atom is -0.340 e. The van der Waals surface area contributed by atoms with Gasteiger partial charge in [0.1, 0.15) is 0 Å². The molecule has 0 aliphatic heterocycles. The highest BCUT2D eigenvalue weighted by atomic mass is 32.2. The Labute approximate surface area is 95.2 Å². The van der Waals surface area contributed by atoms with Crippen LogP contribution in [0.2, 0.25) is 0 Å². The van der Waals surface area contributed by atoms with E-state index in [9.17, 15) is 0 Å². The second-order valence-corrected chi connectivity index (χ2v) is 4.42. The van der Waals surface area contributed by atoms with E-state index in [0.717, 1.165) is 25.3 Å². The molecule has 0 unspecified atom stereocenters. The summed E-state index contributed by atoms with van der Waals surface area (Å²) in [4.78, 5) is 4.14. The molecule has 1 rings (SSSR count). The molecule has 0 saturated carbocycles. The average molecular weight is 229 g/mol. The number of nitrogens with one attached hydrogen (secondary N) is 1. The fraction of sp³-hybridized carbons (Fsp3) is 0.800. The Bertz CT molecular complexity index is 265. The van der Waals surface area contributed by atoms with Gasteiger partial charge in [0.15, 0.2) is 5.82 Å². The lowest BCUT2D eigenvalue weighted by Crippen LogP contribution is -2.19. The molecule has 1 N–H and O–H groups in total. The Morgan fingerprint density at radius 3 is 2.87 bits per heavy atom. The van der Waals surface area contributed by atoms with E-state index in [0.29, 0.717) is 5.89 Å². The van der Waals surface area contributed by atoms with Crippen LogP contribution >= 0.6 is 11.8 Å². The molecule has 0 bridgehead atoms. The minimum absolute atomic E-state index is 0.643. The van der Waals surface area contributed by atoms with E-state index in [1.807, 2.05) is 18.7 Å². The van der Waals surface area contributed by atoms with Crippen molar-refractivity contribution >= 4 is 11.8 Å². The highest BCUT2D eigenvalue weighted by Gasteiger charge is 2.00. The van der Waals surface area contributed by atoms with Crippen molar-refractivity contribution in [3.8, 4) is 0 Å². The van der Waals surface area contributed by atoms with Crippen LogP contribution in [0.25, 0.3) is 0 Å². The SMILES string of the molecule is CSCCCCNCCc1noc(C)n1. The van der Waals surface area contributed by atoms with Gasteiger partial charge in [0.25, 0.3) is 0 Å². The molecule has 0 fully saturated rings. The summed E-state index contributed by atoms with van der Waals surface area (Å²) in [6.45, 7) is 3.82. The van der Waals surface area contributed by atoms with Gasteiger partial charge in [-0.05, 0) is 31.4 Å². The Morgan fingerprint density at radius 1 is 1.33 bits per heavy atom. The first-order chi connectivity index (χ1) is 7.33. The van der Waals surface area contributed by atoms with Crippen LogP contribution in [-0.4, -0.2) is 35.2 Å². The van der Waals surface area contributed by atoms with Crippen molar-refractivity contribution in [2.45, 2.75) is 26.2 Å². The van der Waals surface area contributed by atoms with Gasteiger partial charge in [-0.3, -0.25) is 0 Å². The van der Waals surface area contributed by atoms with Gasteiger partial charge < -0.3 is 9.84 Å². The van der Waals surface area contributed by atoms with E-state index < -0.39 is 0 Å². The fourth-order valence-corrected chi connectivity index (χ4v) is 1.76. The van der Waals surface area contributed by atoms with Crippen molar-refractivity contribution in [1.82, 2.24) is 15.5 Å². The fourth-order valence-electron chi connectivity index (χ4n) is 1.26. The van der Waals surface area contributed by atoms with Gasteiger partial charge in [-0.1, -0.05) is 5.16 Å². The zero-order valence-corrected chi connectivity index (χ0v) is 10.3. The average Bonchev–Trinajstić information content (AvgIpc) is 2.63. The van der Waals surface area contributed by atoms with E-state index in [1.165, 1.54) is 18.6 Å². The number of aryl methyl sites for hydroxylation is 1. The van der Waals surface area contributed by atoms with Gasteiger partial charge in [-0.2, -0.15) is 16.7 Å². The molecule has 5 heteroatoms. The summed E-state index contributed by atoms with van der Waals surface area (Å²) in [5, 5.41) is 7.20. The molecule has 4 nitrogen and oxygen atoms in total. The van der Waals surface area contributed by atoms with E-state index >= 15 is 0 Å². The van der Waals surface area contributed by atoms with Crippen LogP contribution in [-0.2, 0) is 6.42 Å². The van der Waals surface area contributed by atoms with Crippen LogP contribution in [0.4, 0.5) is 0 Å². The molecule has 0 radical (unpaired) electrons. The zero-order chi connectivity index (χ0) is 10.9. The van der Waals surface area contributed by atoms with Crippen LogP contribution in [0.5, 0.6) is 0 Å². The predicted octanol–water partition coefficient (Wildman–Crippen LogP) is 1.65. The molecule has 0 spiro atoms. The number of unbranched alkanes of at least 4 members (excludes halogenated alkanes) is 1. The van der Waals surface area contributed by atoms with Crippen LogP contribution in [0.15, 0.2) is 4.52 Å². The number of nitrogens with zero attached hydrogens (tertiary/aromatic N) is 2. The normalized spacial score (nSPS) is 10.8. The molecule has 0 amide bonds. The largest absolute Gasteiger partial charge is 0.340 e. The first-order valence-electron chi connectivity index (χ1n) is 5.32. The van der Waals surface area contributed by atoms with Crippen LogP contribution in [0.3, 0.4) is 0 Å². The van der Waals surface area contributed by atoms with Gasteiger partial charge in [0.2, 0.25) is 5.89 Å². The van der Waals surface area contributed by atoms with Crippen LogP contribution < -0.4 is 5.32 Å². The molecule has 0 saturated heterocycles. The molecule has 1 heterocycles. The summed E-state index contributed by atoms with van der Waals surface area (Å²) < 4.78 is 4.88. The van der Waals surface area contributed by atoms with Crippen molar-refractivity contribution in [2.75, 3.05) is 25.1 Å². The Morgan fingerprint density at radius 2 is 2.20 bits per heavy atom. The maximum atomic E-state index is 4.88. The molecule has 0 atom stereocenters. The van der Waals surface area contributed by atoms with Crippen molar-refractivity contribution in [1.29, 1.82) is 0 Å². The molecule has 15 heavy (non-hydrogen) atoms. The molecular weight excluding hydrogens is 210 g/mol. The third-order valence-electron chi connectivity index (χ3n) is 2.05. The predicted molar refractivity (Wildman–Crippen MR) is 63.2 cm³/mol. The third-order valence-corrected chi connectivity index (χ3v) is 2.74. The lowest BCUT2D eigenvalue weighted by molar-refractivity contribution is 0.387. The quantitative estimate of drug-likeness (QED) is 0.687. The number of aromatic nitrogens is 2. The molecule has 86 valence electrons. The minimum atomic E-state index is 0.643. The standard InChI is InChI=1S/C10H19N3OS/c1-9-12-10(13-14-9)5-7-11-6-3-4-8-15-2/h11H,3-8H2,1-2H3. The van der Waals surface area contributed by atoms with Crippen molar-refractivity contribution < 1.29 is 4.52 Å². The Hall–Kier alpha value is -0.550. The first kappa shape index (κ1) is 12.5. The molecular formula is C10H19N3OS. The van der Waals surface area contributed by atoms with Gasteiger partial charge in [-0.25, -0.2) is 0 Å². The van der Waals surface area contributed by atoms with Crippen molar-refractivity contribution in [3.05, 3.63) is 11.7 Å². The molecule has 0 aliphatic rings. The lowest BCUT2D eigenvalue weighted by Gasteiger charge is -2.01. The highest BCUT2D eigenvalue weighted by Crippen LogP contribution is 1.98. The van der Waals surface area contributed by atoms with E-state index in [1.54, 1.807) is 0 Å². The second kappa shape index (κ2) is 7.70. The highest BCUT2D eigenvalue weighted by molar-refractivity contribution is 7.98. The summed E-state index contributed by atoms with van der Waals surface area (Å²) in [6, 6.07) is 0. The van der Waals surface area contributed by atoms with Gasteiger partial charge in [0, 0.05) is 19.9 Å². The number of hydrogen-bond acceptors (Lipinski definition) is 5. The number of hydrogen-bond donors (Lipinski definition) is 1. The number of rotatable bonds is 8. The van der Waals surface area contributed by atoms with Gasteiger partial charge in [0.05, 0.1) is 0 Å². The summed E-state index contributed by atoms with van der Waals surface area (Å²) in [5.74, 6) is 2.69. The molecule has 1 aromatic rings. The summed E-state index contributed by atoms with van der Waals surface area (Å²) in [5.41, 5.74) is 0. The smallest absolute Gasteiger partial charge is 0.223 e. The second-order valence-electron chi connectivity index (χ2n) is 3.43. The van der Waals surface area contributed by atoms with Crippen molar-refractivity contribution in [3.63, 3.8) is 0 Å². The maximum Gasteiger partial charge on any atom is 0.223 e. The summed E-state index contributed by atoms with van der Waals surface area (Å²) in [6.07, 6.45) is 5.52. The van der Waals surface area contributed by atoms with E-state index in [2.05, 4.69) is 21.7 Å². The summed E-state index contributed by atoms with van der Waals surface area (Å²) >= 11 is 1.90. The lowest BCUT2D eigenvalue weighted by atomic mass is 10.3. The topological polar surface area (TPSA) is 51.0 Å². The number of thioether (sulfide) groups is 1. The monoisotopic (exact) mass is 229 g/mol. The molecule has 0 aromatic carbocycles. The Kier molecular flexibility index (Phi) is 6.43. The molecule has 1 aromatic heterocycles. The van der Waals surface area contributed by atoms with Crippen molar-refractivity contribution in [2.24, 2.45) is 0 Å². The van der Waals surface area contributed by atoms with Gasteiger partial charge in [-0.15, -0.1) is 0 Å². The maximum absolute atomic E-state index is 4.88. The Balaban J connectivity index is 1.93. The summed E-state index contributed by atoms with van der Waals surface area (Å²) in [7, 11) is 0. The van der Waals surface area contributed by atoms with E-state index in [4.69, 9.17) is 4.52 Å². The first-order valence-corrected chi connectivity index (χ1v) is 6.71. The third kappa shape index (κ3) is 5.79.